The lowest BCUT2D eigenvalue weighted by molar-refractivity contribution is -0.153. The quantitative estimate of drug-likeness (QED) is 0.703. The van der Waals surface area contributed by atoms with E-state index in [1.54, 1.807) is 13.8 Å². The average molecular weight is 230 g/mol. The van der Waals surface area contributed by atoms with Gasteiger partial charge in [-0.3, -0.25) is 4.79 Å². The number of hydrogen-bond acceptors (Lipinski definition) is 3. The fourth-order valence-electron chi connectivity index (χ4n) is 1.56. The third kappa shape index (κ3) is 2.95. The number of aliphatic carboxylic acids is 1. The van der Waals surface area contributed by atoms with Gasteiger partial charge in [-0.05, 0) is 19.8 Å². The SMILES string of the molecule is CCC(C(=O)O)N(C)C(=O)C(C)(CC)CN. The van der Waals surface area contributed by atoms with Crippen LogP contribution >= 0.6 is 0 Å². The Morgan fingerprint density at radius 2 is 1.94 bits per heavy atom. The Kier molecular flexibility index (Phi) is 5.44. The molecule has 0 aromatic carbocycles. The van der Waals surface area contributed by atoms with E-state index >= 15 is 0 Å². The molecule has 0 saturated heterocycles. The van der Waals surface area contributed by atoms with Gasteiger partial charge in [0, 0.05) is 13.6 Å². The normalized spacial score (nSPS) is 16.3. The third-order valence-corrected chi connectivity index (χ3v) is 3.21. The van der Waals surface area contributed by atoms with Gasteiger partial charge in [-0.2, -0.15) is 0 Å². The predicted molar refractivity (Wildman–Crippen MR) is 61.9 cm³/mol. The monoisotopic (exact) mass is 230 g/mol. The minimum Gasteiger partial charge on any atom is -0.480 e. The predicted octanol–water partition coefficient (Wildman–Crippen LogP) is 0.683. The first-order valence-electron chi connectivity index (χ1n) is 5.54. The molecule has 0 radical (unpaired) electrons. The van der Waals surface area contributed by atoms with Crippen LogP contribution in [0.1, 0.15) is 33.6 Å². The van der Waals surface area contributed by atoms with Gasteiger partial charge < -0.3 is 15.7 Å². The van der Waals surface area contributed by atoms with Crippen molar-refractivity contribution < 1.29 is 14.7 Å². The molecule has 0 bridgehead atoms. The maximum Gasteiger partial charge on any atom is 0.326 e. The van der Waals surface area contributed by atoms with E-state index < -0.39 is 17.4 Å². The van der Waals surface area contributed by atoms with E-state index in [1.807, 2.05) is 6.92 Å². The van der Waals surface area contributed by atoms with Crippen LogP contribution in [0.4, 0.5) is 0 Å². The van der Waals surface area contributed by atoms with Gasteiger partial charge in [0.05, 0.1) is 5.41 Å². The molecule has 2 unspecified atom stereocenters. The molecule has 0 spiro atoms. The summed E-state index contributed by atoms with van der Waals surface area (Å²) in [7, 11) is 1.52. The zero-order valence-corrected chi connectivity index (χ0v) is 10.5. The van der Waals surface area contributed by atoms with E-state index in [4.69, 9.17) is 10.8 Å². The first kappa shape index (κ1) is 14.9. The molecule has 0 aromatic heterocycles. The van der Waals surface area contributed by atoms with Gasteiger partial charge in [-0.25, -0.2) is 4.79 Å². The highest BCUT2D eigenvalue weighted by Crippen LogP contribution is 2.23. The molecule has 5 heteroatoms. The Hall–Kier alpha value is -1.10. The molecule has 2 atom stereocenters. The van der Waals surface area contributed by atoms with Gasteiger partial charge >= 0.3 is 5.97 Å². The minimum atomic E-state index is -0.978. The summed E-state index contributed by atoms with van der Waals surface area (Å²) < 4.78 is 0. The molecule has 0 aliphatic carbocycles. The van der Waals surface area contributed by atoms with Gasteiger partial charge in [-0.15, -0.1) is 0 Å². The highest BCUT2D eigenvalue weighted by atomic mass is 16.4. The van der Waals surface area contributed by atoms with Crippen LogP contribution in [0.5, 0.6) is 0 Å². The summed E-state index contributed by atoms with van der Waals surface area (Å²) in [6.45, 7) is 5.61. The van der Waals surface area contributed by atoms with E-state index in [-0.39, 0.29) is 12.5 Å². The van der Waals surface area contributed by atoms with Crippen molar-refractivity contribution in [2.75, 3.05) is 13.6 Å². The van der Waals surface area contributed by atoms with Crippen molar-refractivity contribution in [1.82, 2.24) is 4.90 Å². The average Bonchev–Trinajstić information content (AvgIpc) is 2.27. The number of nitrogens with two attached hydrogens (primary N) is 1. The van der Waals surface area contributed by atoms with Crippen molar-refractivity contribution in [1.29, 1.82) is 0 Å². The van der Waals surface area contributed by atoms with Crippen molar-refractivity contribution in [3.63, 3.8) is 0 Å². The van der Waals surface area contributed by atoms with Gasteiger partial charge in [0.25, 0.3) is 0 Å². The molecule has 94 valence electrons. The van der Waals surface area contributed by atoms with Gasteiger partial charge in [0.1, 0.15) is 6.04 Å². The summed E-state index contributed by atoms with van der Waals surface area (Å²) in [5, 5.41) is 8.98. The first-order valence-corrected chi connectivity index (χ1v) is 5.54. The fourth-order valence-corrected chi connectivity index (χ4v) is 1.56. The van der Waals surface area contributed by atoms with Gasteiger partial charge in [-0.1, -0.05) is 13.8 Å². The summed E-state index contributed by atoms with van der Waals surface area (Å²) in [6.07, 6.45) is 0.991. The Morgan fingerprint density at radius 1 is 1.44 bits per heavy atom. The van der Waals surface area contributed by atoms with Crippen LogP contribution in [0.15, 0.2) is 0 Å². The van der Waals surface area contributed by atoms with Crippen LogP contribution in [0, 0.1) is 5.41 Å². The van der Waals surface area contributed by atoms with Crippen molar-refractivity contribution in [2.24, 2.45) is 11.1 Å². The van der Waals surface area contributed by atoms with Crippen molar-refractivity contribution >= 4 is 11.9 Å². The zero-order chi connectivity index (χ0) is 12.9. The Balaban J connectivity index is 4.90. The number of hydrogen-bond donors (Lipinski definition) is 2. The highest BCUT2D eigenvalue weighted by molar-refractivity contribution is 5.87. The smallest absolute Gasteiger partial charge is 0.326 e. The molecule has 0 heterocycles. The molecule has 16 heavy (non-hydrogen) atoms. The first-order chi connectivity index (χ1) is 7.33. The maximum atomic E-state index is 12.1. The van der Waals surface area contributed by atoms with E-state index in [0.717, 1.165) is 0 Å². The standard InChI is InChI=1S/C11H22N2O3/c1-5-8(9(14)15)13(4)10(16)11(3,6-2)7-12/h8H,5-7,12H2,1-4H3,(H,14,15). The van der Waals surface area contributed by atoms with Crippen LogP contribution in [-0.2, 0) is 9.59 Å². The van der Waals surface area contributed by atoms with Crippen LogP contribution in [0.3, 0.4) is 0 Å². The van der Waals surface area contributed by atoms with E-state index in [1.165, 1.54) is 11.9 Å². The molecular formula is C11H22N2O3. The number of rotatable bonds is 6. The molecule has 0 aromatic rings. The molecule has 0 aliphatic rings. The molecule has 0 fully saturated rings. The van der Waals surface area contributed by atoms with Crippen molar-refractivity contribution in [3.8, 4) is 0 Å². The summed E-state index contributed by atoms with van der Waals surface area (Å²) >= 11 is 0. The topological polar surface area (TPSA) is 83.6 Å². The van der Waals surface area contributed by atoms with Crippen molar-refractivity contribution in [3.05, 3.63) is 0 Å². The number of likely N-dealkylation sites (N-methyl/N-ethyl adjacent to an activating group) is 1. The minimum absolute atomic E-state index is 0.202. The second kappa shape index (κ2) is 5.84. The third-order valence-electron chi connectivity index (χ3n) is 3.21. The molecule has 5 nitrogen and oxygen atoms in total. The Morgan fingerprint density at radius 3 is 2.19 bits per heavy atom. The lowest BCUT2D eigenvalue weighted by Crippen LogP contribution is -2.50. The number of carboxylic acids is 1. The highest BCUT2D eigenvalue weighted by Gasteiger charge is 2.36. The molecule has 0 rings (SSSR count). The zero-order valence-electron chi connectivity index (χ0n) is 10.5. The van der Waals surface area contributed by atoms with Crippen LogP contribution in [0.25, 0.3) is 0 Å². The van der Waals surface area contributed by atoms with Crippen LogP contribution < -0.4 is 5.73 Å². The summed E-state index contributed by atoms with van der Waals surface area (Å²) in [4.78, 5) is 24.4. The Bertz CT molecular complexity index is 262. The van der Waals surface area contributed by atoms with Gasteiger partial charge in [0.15, 0.2) is 0 Å². The lowest BCUT2D eigenvalue weighted by atomic mass is 9.85. The molecule has 0 aliphatic heterocycles. The summed E-state index contributed by atoms with van der Waals surface area (Å²) in [5.74, 6) is -1.18. The summed E-state index contributed by atoms with van der Waals surface area (Å²) in [6, 6.07) is -0.773. The second-order valence-electron chi connectivity index (χ2n) is 4.30. The summed E-state index contributed by atoms with van der Waals surface area (Å²) in [5.41, 5.74) is 4.91. The van der Waals surface area contributed by atoms with E-state index in [9.17, 15) is 9.59 Å². The van der Waals surface area contributed by atoms with Gasteiger partial charge in [0.2, 0.25) is 5.91 Å². The fraction of sp³-hybridized carbons (Fsp3) is 0.818. The number of carbonyl (C=O) groups is 2. The van der Waals surface area contributed by atoms with Crippen LogP contribution in [-0.4, -0.2) is 41.5 Å². The van der Waals surface area contributed by atoms with E-state index in [2.05, 4.69) is 0 Å². The lowest BCUT2D eigenvalue weighted by Gasteiger charge is -2.33. The van der Waals surface area contributed by atoms with E-state index in [0.29, 0.717) is 12.8 Å². The molecule has 1 amide bonds. The largest absolute Gasteiger partial charge is 0.480 e. The molecule has 3 N–H and O–H groups in total. The second-order valence-corrected chi connectivity index (χ2v) is 4.30. The molecule has 0 saturated carbocycles. The number of carbonyl (C=O) groups excluding carboxylic acids is 1. The van der Waals surface area contributed by atoms with Crippen LogP contribution in [0.2, 0.25) is 0 Å². The number of nitrogens with zero attached hydrogens (tertiary/aromatic N) is 1. The number of carboxylic acid groups (broad SMARTS) is 1. The Labute approximate surface area is 96.6 Å². The number of amides is 1. The maximum absolute atomic E-state index is 12.1. The van der Waals surface area contributed by atoms with Crippen molar-refractivity contribution in [2.45, 2.75) is 39.7 Å². The molecular weight excluding hydrogens is 208 g/mol.